The Hall–Kier alpha value is -2.69. The van der Waals surface area contributed by atoms with Gasteiger partial charge in [-0.3, -0.25) is 10.1 Å². The Morgan fingerprint density at radius 1 is 1.19 bits per heavy atom. The number of halogens is 1. The maximum absolute atomic E-state index is 12.8. The summed E-state index contributed by atoms with van der Waals surface area (Å²) in [6, 6.07) is 9.96. The second kappa shape index (κ2) is 10.1. The van der Waals surface area contributed by atoms with Crippen LogP contribution in [0.2, 0.25) is 5.15 Å². The highest BCUT2D eigenvalue weighted by atomic mass is 35.5. The number of hydrogen-bond acceptors (Lipinski definition) is 6. The van der Waals surface area contributed by atoms with Gasteiger partial charge in [0.25, 0.3) is 0 Å². The molecule has 3 rings (SSSR count). The number of methoxy groups -OCH3 is 1. The first-order chi connectivity index (χ1) is 14.8. The minimum absolute atomic E-state index is 0.0234. The Bertz CT molecular complexity index is 1040. The molecule has 0 bridgehead atoms. The van der Waals surface area contributed by atoms with Crippen LogP contribution in [0.4, 0.5) is 10.5 Å². The average Bonchev–Trinajstić information content (AvgIpc) is 2.78. The van der Waals surface area contributed by atoms with Crippen LogP contribution in [-0.4, -0.2) is 49.9 Å². The lowest BCUT2D eigenvalue weighted by Gasteiger charge is -2.30. The number of hydrogen-bond donors (Lipinski definition) is 2. The number of carbonyl (C=O) groups is 2. The first-order valence-corrected chi connectivity index (χ1v) is 11.5. The minimum Gasteiger partial charge on any atom is -0.453 e. The highest BCUT2D eigenvalue weighted by molar-refractivity contribution is 7.89. The number of anilines is 1. The summed E-state index contributed by atoms with van der Waals surface area (Å²) in [5.74, 6) is -0.385. The zero-order valence-corrected chi connectivity index (χ0v) is 18.4. The molecule has 0 atom stereocenters. The molecule has 166 valence electrons. The first-order valence-electron chi connectivity index (χ1n) is 9.63. The van der Waals surface area contributed by atoms with E-state index in [-0.39, 0.29) is 35.0 Å². The molecule has 1 fully saturated rings. The van der Waals surface area contributed by atoms with E-state index < -0.39 is 16.1 Å². The Balaban J connectivity index is 1.50. The molecular formula is C20H23ClN4O5S. The van der Waals surface area contributed by atoms with Crippen LogP contribution in [0, 0.1) is 5.92 Å². The minimum atomic E-state index is -3.74. The first kappa shape index (κ1) is 23.0. The summed E-state index contributed by atoms with van der Waals surface area (Å²) >= 11 is 5.94. The predicted molar refractivity (Wildman–Crippen MR) is 115 cm³/mol. The van der Waals surface area contributed by atoms with E-state index in [1.54, 1.807) is 24.3 Å². The topological polar surface area (TPSA) is 118 Å². The second-order valence-corrected chi connectivity index (χ2v) is 9.27. The SMILES string of the molecule is COC(=O)Nc1ccc(CNC(=O)C2CCN(S(=O)(=O)c3cccnc3Cl)CC2)cc1. The van der Waals surface area contributed by atoms with Crippen LogP contribution >= 0.6 is 11.6 Å². The van der Waals surface area contributed by atoms with E-state index in [4.69, 9.17) is 11.6 Å². The lowest BCUT2D eigenvalue weighted by molar-refractivity contribution is -0.126. The Kier molecular flexibility index (Phi) is 7.47. The number of aromatic nitrogens is 1. The molecule has 0 radical (unpaired) electrons. The summed E-state index contributed by atoms with van der Waals surface area (Å²) in [6.45, 7) is 0.806. The second-order valence-electron chi connectivity index (χ2n) is 7.00. The number of pyridine rings is 1. The van der Waals surface area contributed by atoms with E-state index in [1.807, 2.05) is 0 Å². The maximum atomic E-state index is 12.8. The van der Waals surface area contributed by atoms with Crippen LogP contribution in [0.1, 0.15) is 18.4 Å². The molecule has 1 aromatic heterocycles. The average molecular weight is 467 g/mol. The fourth-order valence-corrected chi connectivity index (χ4v) is 5.17. The number of nitrogens with one attached hydrogen (secondary N) is 2. The Morgan fingerprint density at radius 3 is 2.48 bits per heavy atom. The molecule has 1 aliphatic heterocycles. The number of piperidine rings is 1. The van der Waals surface area contributed by atoms with Crippen molar-refractivity contribution in [3.8, 4) is 0 Å². The summed E-state index contributed by atoms with van der Waals surface area (Å²) in [7, 11) is -2.46. The predicted octanol–water partition coefficient (Wildman–Crippen LogP) is 2.63. The molecule has 0 saturated carbocycles. The standard InChI is InChI=1S/C20H23ClN4O5S/c1-30-20(27)24-16-6-4-14(5-7-16)13-23-19(26)15-8-11-25(12-9-15)31(28,29)17-3-2-10-22-18(17)21/h2-7,10,15H,8-9,11-13H2,1H3,(H,23,26)(H,24,27). The van der Waals surface area contributed by atoms with Crippen molar-refractivity contribution >= 4 is 39.3 Å². The largest absolute Gasteiger partial charge is 0.453 e. The molecule has 0 spiro atoms. The molecule has 2 amide bonds. The summed E-state index contributed by atoms with van der Waals surface area (Å²) in [4.78, 5) is 27.5. The van der Waals surface area contributed by atoms with Gasteiger partial charge in [0.1, 0.15) is 10.0 Å². The van der Waals surface area contributed by atoms with Gasteiger partial charge in [-0.2, -0.15) is 4.31 Å². The molecule has 0 aliphatic carbocycles. The quantitative estimate of drug-likeness (QED) is 0.632. The van der Waals surface area contributed by atoms with Gasteiger partial charge >= 0.3 is 6.09 Å². The van der Waals surface area contributed by atoms with Crippen LogP contribution in [0.15, 0.2) is 47.5 Å². The van der Waals surface area contributed by atoms with Gasteiger partial charge in [-0.25, -0.2) is 18.2 Å². The molecular weight excluding hydrogens is 444 g/mol. The molecule has 31 heavy (non-hydrogen) atoms. The van der Waals surface area contributed by atoms with Gasteiger partial charge in [0, 0.05) is 37.4 Å². The third-order valence-corrected chi connectivity index (χ3v) is 7.36. The fourth-order valence-electron chi connectivity index (χ4n) is 3.27. The van der Waals surface area contributed by atoms with Crippen LogP contribution < -0.4 is 10.6 Å². The van der Waals surface area contributed by atoms with Crippen molar-refractivity contribution in [1.82, 2.24) is 14.6 Å². The molecule has 0 unspecified atom stereocenters. The van der Waals surface area contributed by atoms with Gasteiger partial charge in [-0.15, -0.1) is 0 Å². The molecule has 1 aromatic carbocycles. The number of nitrogens with zero attached hydrogens (tertiary/aromatic N) is 2. The lowest BCUT2D eigenvalue weighted by Crippen LogP contribution is -2.42. The summed E-state index contributed by atoms with van der Waals surface area (Å²) in [5, 5.41) is 5.38. The zero-order valence-electron chi connectivity index (χ0n) is 16.9. The van der Waals surface area contributed by atoms with Crippen LogP contribution in [-0.2, 0) is 26.1 Å². The summed E-state index contributed by atoms with van der Waals surface area (Å²) in [5.41, 5.74) is 1.46. The van der Waals surface area contributed by atoms with Crippen molar-refractivity contribution < 1.29 is 22.7 Å². The van der Waals surface area contributed by atoms with Crippen LogP contribution in [0.25, 0.3) is 0 Å². The number of benzene rings is 1. The molecule has 9 nitrogen and oxygen atoms in total. The van der Waals surface area contributed by atoms with Crippen LogP contribution in [0.5, 0.6) is 0 Å². The van der Waals surface area contributed by atoms with Gasteiger partial charge in [0.2, 0.25) is 15.9 Å². The van der Waals surface area contributed by atoms with Crippen molar-refractivity contribution in [2.24, 2.45) is 5.92 Å². The summed E-state index contributed by atoms with van der Waals surface area (Å²) in [6.07, 6.45) is 1.72. The van der Waals surface area contributed by atoms with Gasteiger partial charge in [0.05, 0.1) is 7.11 Å². The highest BCUT2D eigenvalue weighted by Gasteiger charge is 2.33. The van der Waals surface area contributed by atoms with E-state index in [0.29, 0.717) is 25.1 Å². The number of rotatable bonds is 6. The Morgan fingerprint density at radius 2 is 1.87 bits per heavy atom. The third kappa shape index (κ3) is 5.72. The van der Waals surface area contributed by atoms with E-state index in [2.05, 4.69) is 20.4 Å². The van der Waals surface area contributed by atoms with E-state index in [9.17, 15) is 18.0 Å². The maximum Gasteiger partial charge on any atom is 0.411 e. The fraction of sp³-hybridized carbons (Fsp3) is 0.350. The monoisotopic (exact) mass is 466 g/mol. The molecule has 2 N–H and O–H groups in total. The number of amides is 2. The Labute approximate surface area is 185 Å². The number of ether oxygens (including phenoxy) is 1. The summed E-state index contributed by atoms with van der Waals surface area (Å²) < 4.78 is 31.4. The van der Waals surface area contributed by atoms with Gasteiger partial charge in [-0.1, -0.05) is 23.7 Å². The highest BCUT2D eigenvalue weighted by Crippen LogP contribution is 2.27. The van der Waals surface area contributed by atoms with Crippen molar-refractivity contribution in [2.45, 2.75) is 24.3 Å². The third-order valence-electron chi connectivity index (χ3n) is 5.02. The van der Waals surface area contributed by atoms with Crippen molar-refractivity contribution in [2.75, 3.05) is 25.5 Å². The van der Waals surface area contributed by atoms with E-state index in [0.717, 1.165) is 5.56 Å². The smallest absolute Gasteiger partial charge is 0.411 e. The van der Waals surface area contributed by atoms with E-state index >= 15 is 0 Å². The number of sulfonamides is 1. The molecule has 11 heteroatoms. The lowest BCUT2D eigenvalue weighted by atomic mass is 9.97. The van der Waals surface area contributed by atoms with E-state index in [1.165, 1.54) is 29.7 Å². The normalized spacial score (nSPS) is 15.3. The van der Waals surface area contributed by atoms with Crippen molar-refractivity contribution in [3.05, 3.63) is 53.3 Å². The van der Waals surface area contributed by atoms with Gasteiger partial charge in [0.15, 0.2) is 0 Å². The van der Waals surface area contributed by atoms with Crippen LogP contribution in [0.3, 0.4) is 0 Å². The van der Waals surface area contributed by atoms with Gasteiger partial charge < -0.3 is 10.1 Å². The number of carbonyl (C=O) groups excluding carboxylic acids is 2. The molecule has 1 saturated heterocycles. The molecule has 2 heterocycles. The molecule has 2 aromatic rings. The molecule has 1 aliphatic rings. The van der Waals surface area contributed by atoms with Crippen molar-refractivity contribution in [1.29, 1.82) is 0 Å². The van der Waals surface area contributed by atoms with Gasteiger partial charge in [-0.05, 0) is 42.7 Å². The van der Waals surface area contributed by atoms with Crippen molar-refractivity contribution in [3.63, 3.8) is 0 Å². The zero-order chi connectivity index (χ0) is 22.4.